The van der Waals surface area contributed by atoms with Crippen LogP contribution in [0, 0.1) is 11.3 Å². The molecule has 0 fully saturated rings. The second-order valence-electron chi connectivity index (χ2n) is 5.70. The third kappa shape index (κ3) is 3.75. The molecule has 0 aliphatic heterocycles. The molecule has 0 saturated carbocycles. The Morgan fingerprint density at radius 2 is 1.55 bits per heavy atom. The number of aryl methyl sites for hydroxylation is 1. The highest BCUT2D eigenvalue weighted by Gasteiger charge is 2.31. The first kappa shape index (κ1) is 16.3. The van der Waals surface area contributed by atoms with Gasteiger partial charge in [0, 0.05) is 11.1 Å². The molecule has 0 radical (unpaired) electrons. The molecule has 0 unspecified atom stereocenters. The zero-order chi connectivity index (χ0) is 15.8. The fourth-order valence-electron chi connectivity index (χ4n) is 2.64. The van der Waals surface area contributed by atoms with Gasteiger partial charge >= 0.3 is 0 Å². The summed E-state index contributed by atoms with van der Waals surface area (Å²) in [4.78, 5) is 0. The van der Waals surface area contributed by atoms with E-state index in [0.717, 1.165) is 6.42 Å². The highest BCUT2D eigenvalue weighted by atomic mass is 16.3. The molecule has 1 atom stereocenters. The fourth-order valence-corrected chi connectivity index (χ4v) is 2.64. The largest absolute Gasteiger partial charge is 0.368 e. The van der Waals surface area contributed by atoms with Crippen molar-refractivity contribution in [3.05, 3.63) is 71.3 Å². The van der Waals surface area contributed by atoms with Crippen LogP contribution in [0.1, 0.15) is 49.3 Å². The van der Waals surface area contributed by atoms with Gasteiger partial charge in [0.15, 0.2) is 0 Å². The topological polar surface area (TPSA) is 44.0 Å². The van der Waals surface area contributed by atoms with Crippen molar-refractivity contribution in [3.8, 4) is 6.07 Å². The van der Waals surface area contributed by atoms with E-state index in [-0.39, 0.29) is 0 Å². The molecule has 0 amide bonds. The lowest BCUT2D eigenvalue weighted by Crippen LogP contribution is -2.24. The summed E-state index contributed by atoms with van der Waals surface area (Å²) in [7, 11) is 0. The molecular weight excluding hydrogens is 270 g/mol. The van der Waals surface area contributed by atoms with Gasteiger partial charge in [0.25, 0.3) is 0 Å². The van der Waals surface area contributed by atoms with Crippen LogP contribution in [0.25, 0.3) is 0 Å². The molecular formula is C20H23NO. The number of hydrogen-bond acceptors (Lipinski definition) is 2. The van der Waals surface area contributed by atoms with Crippen LogP contribution in [-0.2, 0) is 12.0 Å². The SMILES string of the molecule is CCCCCCc1ccc([C@@](O)(C#N)c2ccccc2)cc1. The molecule has 0 heterocycles. The van der Waals surface area contributed by atoms with Crippen LogP contribution in [0.2, 0.25) is 0 Å². The lowest BCUT2D eigenvalue weighted by Gasteiger charge is -2.21. The van der Waals surface area contributed by atoms with E-state index in [4.69, 9.17) is 0 Å². The molecule has 2 rings (SSSR count). The summed E-state index contributed by atoms with van der Waals surface area (Å²) >= 11 is 0. The van der Waals surface area contributed by atoms with E-state index < -0.39 is 5.60 Å². The maximum Gasteiger partial charge on any atom is 0.202 e. The predicted octanol–water partition coefficient (Wildman–Crippen LogP) is 4.57. The fraction of sp³-hybridized carbons (Fsp3) is 0.350. The molecule has 2 aromatic carbocycles. The molecule has 0 bridgehead atoms. The van der Waals surface area contributed by atoms with Crippen LogP contribution in [0.5, 0.6) is 0 Å². The molecule has 2 nitrogen and oxygen atoms in total. The van der Waals surface area contributed by atoms with Gasteiger partial charge in [-0.1, -0.05) is 80.8 Å². The Bertz CT molecular complexity index is 612. The molecule has 2 aromatic rings. The Balaban J connectivity index is 2.13. The highest BCUT2D eigenvalue weighted by molar-refractivity contribution is 5.42. The molecule has 0 aliphatic carbocycles. The minimum absolute atomic E-state index is 0.605. The van der Waals surface area contributed by atoms with Gasteiger partial charge in [-0.05, 0) is 18.4 Å². The average Bonchev–Trinajstić information content (AvgIpc) is 2.59. The van der Waals surface area contributed by atoms with E-state index in [1.165, 1.54) is 31.2 Å². The van der Waals surface area contributed by atoms with Crippen LogP contribution in [-0.4, -0.2) is 5.11 Å². The van der Waals surface area contributed by atoms with Gasteiger partial charge in [0.2, 0.25) is 5.60 Å². The first-order valence-electron chi connectivity index (χ1n) is 7.99. The Labute approximate surface area is 133 Å². The van der Waals surface area contributed by atoms with Crippen LogP contribution < -0.4 is 0 Å². The summed E-state index contributed by atoms with van der Waals surface area (Å²) < 4.78 is 0. The van der Waals surface area contributed by atoms with Gasteiger partial charge in [0.05, 0.1) is 0 Å². The summed E-state index contributed by atoms with van der Waals surface area (Å²) in [5.74, 6) is 0. The molecule has 114 valence electrons. The lowest BCUT2D eigenvalue weighted by atomic mass is 9.87. The third-order valence-electron chi connectivity index (χ3n) is 4.04. The monoisotopic (exact) mass is 293 g/mol. The Morgan fingerprint density at radius 3 is 2.14 bits per heavy atom. The van der Waals surface area contributed by atoms with E-state index in [1.54, 1.807) is 12.1 Å². The molecule has 0 spiro atoms. The van der Waals surface area contributed by atoms with Crippen LogP contribution >= 0.6 is 0 Å². The van der Waals surface area contributed by atoms with Crippen molar-refractivity contribution in [1.82, 2.24) is 0 Å². The number of unbranched alkanes of at least 4 members (excludes halogenated alkanes) is 3. The number of nitrogens with zero attached hydrogens (tertiary/aromatic N) is 1. The predicted molar refractivity (Wildman–Crippen MR) is 89.3 cm³/mol. The third-order valence-corrected chi connectivity index (χ3v) is 4.04. The first-order valence-corrected chi connectivity index (χ1v) is 7.99. The lowest BCUT2D eigenvalue weighted by molar-refractivity contribution is 0.142. The highest BCUT2D eigenvalue weighted by Crippen LogP contribution is 2.29. The van der Waals surface area contributed by atoms with Crippen LogP contribution in [0.4, 0.5) is 0 Å². The summed E-state index contributed by atoms with van der Waals surface area (Å²) in [6, 6.07) is 18.9. The minimum atomic E-state index is -1.58. The van der Waals surface area contributed by atoms with E-state index >= 15 is 0 Å². The van der Waals surface area contributed by atoms with Gasteiger partial charge in [-0.3, -0.25) is 0 Å². The summed E-state index contributed by atoms with van der Waals surface area (Å²) in [5, 5.41) is 20.2. The standard InChI is InChI=1S/C20H23NO/c1-2-3-4-6-9-17-12-14-19(15-13-17)20(22,16-21)18-10-7-5-8-11-18/h5,7-8,10-15,22H,2-4,6,9H2,1H3/t20-/m1/s1. The maximum atomic E-state index is 10.7. The van der Waals surface area contributed by atoms with Crippen molar-refractivity contribution in [1.29, 1.82) is 5.26 Å². The maximum absolute atomic E-state index is 10.7. The quantitative estimate of drug-likeness (QED) is 0.600. The summed E-state index contributed by atoms with van der Waals surface area (Å²) in [6.07, 6.45) is 6.01. The number of benzene rings is 2. The number of hydrogen-bond donors (Lipinski definition) is 1. The van der Waals surface area contributed by atoms with Gasteiger partial charge in [0.1, 0.15) is 6.07 Å². The summed E-state index contributed by atoms with van der Waals surface area (Å²) in [6.45, 7) is 2.21. The zero-order valence-corrected chi connectivity index (χ0v) is 13.1. The number of nitriles is 1. The zero-order valence-electron chi connectivity index (χ0n) is 13.1. The summed E-state index contributed by atoms with van der Waals surface area (Å²) in [5.41, 5.74) is 0.905. The molecule has 0 aliphatic rings. The van der Waals surface area contributed by atoms with E-state index in [2.05, 4.69) is 6.92 Å². The van der Waals surface area contributed by atoms with Crippen LogP contribution in [0.15, 0.2) is 54.6 Å². The van der Waals surface area contributed by atoms with Crippen molar-refractivity contribution in [2.24, 2.45) is 0 Å². The second kappa shape index (κ2) is 7.77. The smallest absolute Gasteiger partial charge is 0.202 e. The van der Waals surface area contributed by atoms with Crippen molar-refractivity contribution in [2.45, 2.75) is 44.6 Å². The van der Waals surface area contributed by atoms with Crippen molar-refractivity contribution >= 4 is 0 Å². The first-order chi connectivity index (χ1) is 10.7. The van der Waals surface area contributed by atoms with Crippen molar-refractivity contribution in [2.75, 3.05) is 0 Å². The van der Waals surface area contributed by atoms with E-state index in [9.17, 15) is 10.4 Å². The molecule has 0 saturated heterocycles. The Kier molecular flexibility index (Phi) is 5.75. The van der Waals surface area contributed by atoms with Crippen molar-refractivity contribution in [3.63, 3.8) is 0 Å². The number of rotatable bonds is 7. The van der Waals surface area contributed by atoms with Gasteiger partial charge in [-0.2, -0.15) is 5.26 Å². The van der Waals surface area contributed by atoms with Crippen LogP contribution in [0.3, 0.4) is 0 Å². The van der Waals surface area contributed by atoms with Gasteiger partial charge < -0.3 is 5.11 Å². The molecule has 1 N–H and O–H groups in total. The molecule has 22 heavy (non-hydrogen) atoms. The minimum Gasteiger partial charge on any atom is -0.368 e. The number of aliphatic hydroxyl groups is 1. The second-order valence-corrected chi connectivity index (χ2v) is 5.70. The van der Waals surface area contributed by atoms with Gasteiger partial charge in [-0.25, -0.2) is 0 Å². The normalized spacial score (nSPS) is 13.3. The van der Waals surface area contributed by atoms with Crippen molar-refractivity contribution < 1.29 is 5.11 Å². The molecule has 2 heteroatoms. The van der Waals surface area contributed by atoms with Gasteiger partial charge in [-0.15, -0.1) is 0 Å². The molecule has 0 aromatic heterocycles. The van der Waals surface area contributed by atoms with E-state index in [0.29, 0.717) is 11.1 Å². The average molecular weight is 293 g/mol. The Hall–Kier alpha value is -2.11. The van der Waals surface area contributed by atoms with E-state index in [1.807, 2.05) is 48.5 Å². The Morgan fingerprint density at radius 1 is 0.909 bits per heavy atom.